The maximum absolute atomic E-state index is 10.2. The van der Waals surface area contributed by atoms with Gasteiger partial charge >= 0.3 is 5.97 Å². The molecule has 0 spiro atoms. The van der Waals surface area contributed by atoms with Gasteiger partial charge < -0.3 is 8.67 Å². The number of quaternary nitrogens is 1. The lowest BCUT2D eigenvalue weighted by Gasteiger charge is -2.35. The molecule has 0 rings (SSSR count). The lowest BCUT2D eigenvalue weighted by Crippen LogP contribution is -2.46. The van der Waals surface area contributed by atoms with Crippen molar-refractivity contribution < 1.29 is 13.5 Å². The van der Waals surface area contributed by atoms with Crippen molar-refractivity contribution in [2.45, 2.75) is 163 Å². The molecule has 0 amide bonds. The van der Waals surface area contributed by atoms with Crippen LogP contribution in [0.3, 0.4) is 0 Å². The molecule has 0 aliphatic rings. The maximum Gasteiger partial charge on any atom is 0.314 e. The Balaban J connectivity index is 0. The summed E-state index contributed by atoms with van der Waals surface area (Å²) >= 11 is 1.24. The molecule has 0 bridgehead atoms. The van der Waals surface area contributed by atoms with Crippen LogP contribution in [-0.4, -0.2) is 42.9 Å². The standard InChI is InChI=1S/C25H54N.C6H12O2S/c1-5-8-11-14-17-20-23-26(4,24-21-18-15-12-9-6-2)25-22-19-16-13-10-7-3;1-3-4-5-9-8-6(2)7/h5-25H2,1-4H3;3-5H2,1-2H3/q+1;. The molecular formula is C31H66NO2S+. The Morgan fingerprint density at radius 2 is 0.857 bits per heavy atom. The first-order chi connectivity index (χ1) is 17.0. The molecule has 212 valence electrons. The summed E-state index contributed by atoms with van der Waals surface area (Å²) in [4.78, 5) is 10.2. The fourth-order valence-corrected chi connectivity index (χ4v) is 5.14. The number of hydrogen-bond acceptors (Lipinski definition) is 3. The molecule has 0 saturated carbocycles. The van der Waals surface area contributed by atoms with Gasteiger partial charge in [-0.2, -0.15) is 0 Å². The molecular weight excluding hydrogens is 450 g/mol. The minimum Gasteiger partial charge on any atom is -0.392 e. The van der Waals surface area contributed by atoms with Crippen LogP contribution in [-0.2, 0) is 8.98 Å². The molecule has 0 N–H and O–H groups in total. The topological polar surface area (TPSA) is 26.3 Å². The van der Waals surface area contributed by atoms with Crippen LogP contribution in [0.5, 0.6) is 0 Å². The predicted molar refractivity (Wildman–Crippen MR) is 160 cm³/mol. The van der Waals surface area contributed by atoms with Gasteiger partial charge in [-0.3, -0.25) is 4.79 Å². The molecule has 0 aliphatic heterocycles. The van der Waals surface area contributed by atoms with Crippen molar-refractivity contribution in [3.63, 3.8) is 0 Å². The van der Waals surface area contributed by atoms with Crippen molar-refractivity contribution in [2.24, 2.45) is 0 Å². The Morgan fingerprint density at radius 3 is 1.17 bits per heavy atom. The van der Waals surface area contributed by atoms with E-state index < -0.39 is 0 Å². The number of carbonyl (C=O) groups is 1. The van der Waals surface area contributed by atoms with Crippen LogP contribution in [0.25, 0.3) is 0 Å². The molecule has 0 heterocycles. The summed E-state index contributed by atoms with van der Waals surface area (Å²) < 4.78 is 5.98. The van der Waals surface area contributed by atoms with Crippen LogP contribution in [0.2, 0.25) is 0 Å². The van der Waals surface area contributed by atoms with E-state index in [1.807, 2.05) is 0 Å². The van der Waals surface area contributed by atoms with E-state index in [0.29, 0.717) is 0 Å². The van der Waals surface area contributed by atoms with Gasteiger partial charge in [-0.05, 0) is 44.9 Å². The molecule has 3 nitrogen and oxygen atoms in total. The van der Waals surface area contributed by atoms with Crippen LogP contribution in [0, 0.1) is 0 Å². The van der Waals surface area contributed by atoms with Gasteiger partial charge in [-0.15, -0.1) is 0 Å². The Bertz CT molecular complexity index is 376. The lowest BCUT2D eigenvalue weighted by molar-refractivity contribution is -0.910. The van der Waals surface area contributed by atoms with Crippen LogP contribution < -0.4 is 0 Å². The highest BCUT2D eigenvalue weighted by Gasteiger charge is 2.20. The zero-order chi connectivity index (χ0) is 26.5. The summed E-state index contributed by atoms with van der Waals surface area (Å²) in [7, 11) is 2.56. The monoisotopic (exact) mass is 516 g/mol. The SMILES string of the molecule is CCCCCCCC[N+](C)(CCCCCCCC)CCCCCCCC.CCCCSOC(C)=O. The fraction of sp³-hybridized carbons (Fsp3) is 0.968. The summed E-state index contributed by atoms with van der Waals surface area (Å²) in [5, 5.41) is 0. The number of carbonyl (C=O) groups excluding carboxylic acids is 1. The van der Waals surface area contributed by atoms with Gasteiger partial charge in [0.2, 0.25) is 0 Å². The van der Waals surface area contributed by atoms with Crippen molar-refractivity contribution in [1.29, 1.82) is 0 Å². The van der Waals surface area contributed by atoms with E-state index in [2.05, 4.69) is 38.9 Å². The average Bonchev–Trinajstić information content (AvgIpc) is 2.84. The Hall–Kier alpha value is -0.220. The van der Waals surface area contributed by atoms with E-state index in [-0.39, 0.29) is 5.97 Å². The van der Waals surface area contributed by atoms with Crippen molar-refractivity contribution in [1.82, 2.24) is 0 Å². The van der Waals surface area contributed by atoms with Crippen molar-refractivity contribution in [2.75, 3.05) is 32.4 Å². The Kier molecular flexibility index (Phi) is 31.7. The first-order valence-corrected chi connectivity index (χ1v) is 16.5. The summed E-state index contributed by atoms with van der Waals surface area (Å²) in [6, 6.07) is 0. The highest BCUT2D eigenvalue weighted by molar-refractivity contribution is 7.95. The highest BCUT2D eigenvalue weighted by atomic mass is 32.2. The molecule has 0 radical (unpaired) electrons. The third kappa shape index (κ3) is 31.8. The largest absolute Gasteiger partial charge is 0.392 e. The molecule has 0 aliphatic carbocycles. The molecule has 0 saturated heterocycles. The van der Waals surface area contributed by atoms with Crippen LogP contribution >= 0.6 is 12.0 Å². The molecule has 0 unspecified atom stereocenters. The molecule has 0 aromatic carbocycles. The predicted octanol–water partition coefficient (Wildman–Crippen LogP) is 10.5. The number of rotatable bonds is 25. The molecule has 4 heteroatoms. The Morgan fingerprint density at radius 1 is 0.543 bits per heavy atom. The minimum atomic E-state index is -0.212. The summed E-state index contributed by atoms with van der Waals surface area (Å²) in [5.74, 6) is 0.701. The van der Waals surface area contributed by atoms with E-state index in [1.165, 1.54) is 159 Å². The maximum atomic E-state index is 10.2. The summed E-state index contributed by atoms with van der Waals surface area (Å²) in [6.45, 7) is 14.7. The van der Waals surface area contributed by atoms with Crippen LogP contribution in [0.15, 0.2) is 0 Å². The number of nitrogens with zero attached hydrogens (tertiary/aromatic N) is 1. The normalized spacial score (nSPS) is 11.3. The van der Waals surface area contributed by atoms with Gasteiger partial charge in [0.25, 0.3) is 0 Å². The first-order valence-electron chi connectivity index (χ1n) is 15.6. The van der Waals surface area contributed by atoms with E-state index in [4.69, 9.17) is 0 Å². The van der Waals surface area contributed by atoms with E-state index >= 15 is 0 Å². The first kappa shape index (κ1) is 36.9. The zero-order valence-corrected chi connectivity index (χ0v) is 26.0. The van der Waals surface area contributed by atoms with Crippen molar-refractivity contribution in [3.8, 4) is 0 Å². The number of unbranched alkanes of at least 4 members (excludes halogenated alkanes) is 16. The molecule has 0 aromatic rings. The van der Waals surface area contributed by atoms with E-state index in [9.17, 15) is 4.79 Å². The van der Waals surface area contributed by atoms with Crippen molar-refractivity contribution in [3.05, 3.63) is 0 Å². The van der Waals surface area contributed by atoms with Crippen LogP contribution in [0.1, 0.15) is 163 Å². The second kappa shape index (κ2) is 30.0. The second-order valence-corrected chi connectivity index (χ2v) is 11.7. The van der Waals surface area contributed by atoms with E-state index in [1.54, 1.807) is 0 Å². The third-order valence-corrected chi connectivity index (χ3v) is 7.72. The van der Waals surface area contributed by atoms with Gasteiger partial charge in [0, 0.05) is 12.7 Å². The summed E-state index contributed by atoms with van der Waals surface area (Å²) in [6.07, 6.45) is 28.1. The second-order valence-electron chi connectivity index (χ2n) is 10.8. The van der Waals surface area contributed by atoms with Crippen molar-refractivity contribution >= 4 is 18.0 Å². The van der Waals surface area contributed by atoms with Crippen LogP contribution in [0.4, 0.5) is 0 Å². The minimum absolute atomic E-state index is 0.212. The molecule has 35 heavy (non-hydrogen) atoms. The van der Waals surface area contributed by atoms with Gasteiger partial charge in [-0.1, -0.05) is 111 Å². The van der Waals surface area contributed by atoms with Gasteiger partial charge in [0.1, 0.15) is 0 Å². The zero-order valence-electron chi connectivity index (χ0n) is 25.1. The quantitative estimate of drug-likeness (QED) is 0.0685. The Labute approximate surface area is 226 Å². The average molecular weight is 517 g/mol. The van der Waals surface area contributed by atoms with Gasteiger partial charge in [-0.25, -0.2) is 0 Å². The third-order valence-electron chi connectivity index (χ3n) is 6.91. The van der Waals surface area contributed by atoms with Gasteiger partial charge in [0.05, 0.1) is 38.7 Å². The van der Waals surface area contributed by atoms with E-state index in [0.717, 1.165) is 18.6 Å². The molecule has 0 fully saturated rings. The highest BCUT2D eigenvalue weighted by Crippen LogP contribution is 2.16. The molecule has 0 atom stereocenters. The summed E-state index contributed by atoms with van der Waals surface area (Å²) in [5.41, 5.74) is 0. The smallest absolute Gasteiger partial charge is 0.314 e. The number of hydrogen-bond donors (Lipinski definition) is 0. The van der Waals surface area contributed by atoms with Gasteiger partial charge in [0.15, 0.2) is 0 Å². The lowest BCUT2D eigenvalue weighted by atomic mass is 10.1. The molecule has 0 aromatic heterocycles. The fourth-order valence-electron chi connectivity index (χ4n) is 4.48.